The second kappa shape index (κ2) is 8.15. The van der Waals surface area contributed by atoms with Crippen molar-refractivity contribution < 1.29 is 0 Å². The van der Waals surface area contributed by atoms with Crippen LogP contribution in [0.1, 0.15) is 51.4 Å². The maximum atomic E-state index is 3.72. The molecule has 2 rings (SSSR count). The van der Waals surface area contributed by atoms with Crippen LogP contribution >= 0.6 is 0 Å². The molecule has 0 saturated carbocycles. The van der Waals surface area contributed by atoms with Crippen LogP contribution in [0.15, 0.2) is 48.6 Å². The first-order valence-electron chi connectivity index (χ1n) is 6.49. The number of allylic oxidation sites excluding steroid dienone is 6. The molecule has 16 heavy (non-hydrogen) atoms. The Morgan fingerprint density at radius 2 is 1.19 bits per heavy atom. The molecule has 0 aromatic rings. The van der Waals surface area contributed by atoms with Gasteiger partial charge in [0.15, 0.2) is 0 Å². The zero-order valence-electron chi connectivity index (χ0n) is 10.4. The van der Waals surface area contributed by atoms with E-state index in [-0.39, 0.29) is 0 Å². The minimum Gasteiger partial charge on any atom is -0.0988 e. The topological polar surface area (TPSA) is 0 Å². The van der Waals surface area contributed by atoms with Crippen molar-refractivity contribution in [2.45, 2.75) is 51.4 Å². The molecular formula is C16H24. The predicted molar refractivity (Wildman–Crippen MR) is 73.5 cm³/mol. The van der Waals surface area contributed by atoms with Gasteiger partial charge in [-0.1, -0.05) is 48.6 Å². The van der Waals surface area contributed by atoms with Crippen LogP contribution < -0.4 is 0 Å². The van der Waals surface area contributed by atoms with Crippen LogP contribution in [0, 0.1) is 0 Å². The van der Waals surface area contributed by atoms with E-state index < -0.39 is 0 Å². The first-order chi connectivity index (χ1) is 7.86. The van der Waals surface area contributed by atoms with Gasteiger partial charge >= 0.3 is 0 Å². The van der Waals surface area contributed by atoms with Crippen LogP contribution in [0.25, 0.3) is 0 Å². The number of hydrogen-bond donors (Lipinski definition) is 0. The average Bonchev–Trinajstić information content (AvgIpc) is 2.41. The highest BCUT2D eigenvalue weighted by molar-refractivity contribution is 5.17. The Hall–Kier alpha value is -1.04. The van der Waals surface area contributed by atoms with E-state index in [0.717, 1.165) is 0 Å². The van der Waals surface area contributed by atoms with Gasteiger partial charge in [0.2, 0.25) is 0 Å². The van der Waals surface area contributed by atoms with E-state index in [1.54, 1.807) is 0 Å². The van der Waals surface area contributed by atoms with E-state index in [2.05, 4.69) is 25.3 Å². The Morgan fingerprint density at radius 3 is 1.38 bits per heavy atom. The first kappa shape index (κ1) is 13.0. The van der Waals surface area contributed by atoms with Crippen LogP contribution in [-0.2, 0) is 0 Å². The fourth-order valence-corrected chi connectivity index (χ4v) is 2.10. The van der Waals surface area contributed by atoms with E-state index in [9.17, 15) is 0 Å². The van der Waals surface area contributed by atoms with Crippen molar-refractivity contribution in [1.29, 1.82) is 0 Å². The zero-order valence-corrected chi connectivity index (χ0v) is 10.4. The van der Waals surface area contributed by atoms with E-state index >= 15 is 0 Å². The minimum atomic E-state index is 1.25. The van der Waals surface area contributed by atoms with Gasteiger partial charge in [-0.15, -0.1) is 0 Å². The lowest BCUT2D eigenvalue weighted by Gasteiger charge is -2.06. The summed E-state index contributed by atoms with van der Waals surface area (Å²) in [6.45, 7) is 7.43. The van der Waals surface area contributed by atoms with Crippen molar-refractivity contribution in [2.24, 2.45) is 0 Å². The van der Waals surface area contributed by atoms with Gasteiger partial charge in [0.1, 0.15) is 0 Å². The van der Waals surface area contributed by atoms with Crippen molar-refractivity contribution in [2.75, 3.05) is 0 Å². The third-order valence-electron chi connectivity index (χ3n) is 3.18. The second-order valence-corrected chi connectivity index (χ2v) is 4.46. The summed E-state index contributed by atoms with van der Waals surface area (Å²) in [5, 5.41) is 0. The summed E-state index contributed by atoms with van der Waals surface area (Å²) < 4.78 is 0. The highest BCUT2D eigenvalue weighted by Crippen LogP contribution is 2.17. The molecule has 0 spiro atoms. The molecule has 0 unspecified atom stereocenters. The summed E-state index contributed by atoms with van der Waals surface area (Å²) >= 11 is 0. The van der Waals surface area contributed by atoms with Crippen molar-refractivity contribution in [1.82, 2.24) is 0 Å². The van der Waals surface area contributed by atoms with Gasteiger partial charge in [-0.2, -0.15) is 0 Å². The van der Waals surface area contributed by atoms with Crippen molar-refractivity contribution >= 4 is 0 Å². The third-order valence-corrected chi connectivity index (χ3v) is 3.18. The molecule has 0 aromatic heterocycles. The summed E-state index contributed by atoms with van der Waals surface area (Å²) in [4.78, 5) is 0. The van der Waals surface area contributed by atoms with E-state index in [4.69, 9.17) is 0 Å². The molecule has 0 aliphatic heterocycles. The largest absolute Gasteiger partial charge is 0.0988 e. The van der Waals surface area contributed by atoms with Crippen molar-refractivity contribution in [3.63, 3.8) is 0 Å². The fourth-order valence-electron chi connectivity index (χ4n) is 2.10. The van der Waals surface area contributed by atoms with Crippen molar-refractivity contribution in [3.05, 3.63) is 48.6 Å². The monoisotopic (exact) mass is 216 g/mol. The van der Waals surface area contributed by atoms with Gasteiger partial charge in [-0.3, -0.25) is 0 Å². The van der Waals surface area contributed by atoms with Crippen molar-refractivity contribution in [3.8, 4) is 0 Å². The number of rotatable bonds is 2. The lowest BCUT2D eigenvalue weighted by atomic mass is 10.0. The van der Waals surface area contributed by atoms with Gasteiger partial charge in [-0.05, 0) is 51.4 Å². The first-order valence-corrected chi connectivity index (χ1v) is 6.49. The second-order valence-electron chi connectivity index (χ2n) is 4.46. The Labute approximate surface area is 100 Å². The molecule has 0 heteroatoms. The predicted octanol–water partition coefficient (Wildman–Crippen LogP) is 5.35. The highest BCUT2D eigenvalue weighted by atomic mass is 14.0. The third kappa shape index (κ3) is 5.16. The van der Waals surface area contributed by atoms with E-state index in [1.807, 2.05) is 12.2 Å². The summed E-state index contributed by atoms with van der Waals surface area (Å²) in [5.41, 5.74) is 2.88. The average molecular weight is 216 g/mol. The van der Waals surface area contributed by atoms with Gasteiger partial charge < -0.3 is 0 Å². The normalized spacial score (nSPS) is 19.8. The Kier molecular flexibility index (Phi) is 6.64. The molecule has 0 fully saturated rings. The molecular weight excluding hydrogens is 192 g/mol. The lowest BCUT2D eigenvalue weighted by molar-refractivity contribution is 0.712. The maximum Gasteiger partial charge on any atom is -0.0282 e. The fraction of sp³-hybridized carbons (Fsp3) is 0.500. The van der Waals surface area contributed by atoms with Crippen LogP contribution in [0.4, 0.5) is 0 Å². The summed E-state index contributed by atoms with van der Waals surface area (Å²) in [6, 6.07) is 0. The van der Waals surface area contributed by atoms with Crippen LogP contribution in [0.3, 0.4) is 0 Å². The Balaban J connectivity index is 0.000000160. The standard InChI is InChI=1S/2C8H12/c2*1-2-8-6-4-3-5-7-8/h2*2,6H,1,3-5,7H2. The van der Waals surface area contributed by atoms with Gasteiger partial charge in [-0.25, -0.2) is 0 Å². The molecule has 0 atom stereocenters. The molecule has 2 aliphatic rings. The summed E-state index contributed by atoms with van der Waals surface area (Å²) in [7, 11) is 0. The molecule has 0 heterocycles. The van der Waals surface area contributed by atoms with Crippen LogP contribution in [0.2, 0.25) is 0 Å². The van der Waals surface area contributed by atoms with Gasteiger partial charge in [0.05, 0.1) is 0 Å². The lowest BCUT2D eigenvalue weighted by Crippen LogP contribution is -1.86. The minimum absolute atomic E-state index is 1.25. The van der Waals surface area contributed by atoms with Gasteiger partial charge in [0, 0.05) is 0 Å². The van der Waals surface area contributed by atoms with Crippen LogP contribution in [-0.4, -0.2) is 0 Å². The SMILES string of the molecule is C=CC1=CCCCC1.C=CC1=CCCCC1. The van der Waals surface area contributed by atoms with Crippen LogP contribution in [0.5, 0.6) is 0 Å². The molecule has 88 valence electrons. The summed E-state index contributed by atoms with van der Waals surface area (Å²) in [6.07, 6.45) is 19.0. The Bertz CT molecular complexity index is 248. The van der Waals surface area contributed by atoms with Gasteiger partial charge in [0.25, 0.3) is 0 Å². The molecule has 2 aliphatic carbocycles. The molecule has 0 nitrogen and oxygen atoms in total. The maximum absolute atomic E-state index is 3.72. The molecule has 0 radical (unpaired) electrons. The van der Waals surface area contributed by atoms with E-state index in [1.165, 1.54) is 62.5 Å². The quantitative estimate of drug-likeness (QED) is 0.584. The summed E-state index contributed by atoms with van der Waals surface area (Å²) in [5.74, 6) is 0. The molecule has 0 saturated heterocycles. The number of hydrogen-bond acceptors (Lipinski definition) is 0. The Morgan fingerprint density at radius 1 is 0.750 bits per heavy atom. The zero-order chi connectivity index (χ0) is 11.6. The molecule has 0 N–H and O–H groups in total. The van der Waals surface area contributed by atoms with E-state index in [0.29, 0.717) is 0 Å². The molecule has 0 aromatic carbocycles. The smallest absolute Gasteiger partial charge is 0.0282 e. The highest BCUT2D eigenvalue weighted by Gasteiger charge is 1.97. The molecule has 0 amide bonds. The molecule has 0 bridgehead atoms.